The van der Waals surface area contributed by atoms with Crippen molar-refractivity contribution in [3.05, 3.63) is 72.3 Å². The van der Waals surface area contributed by atoms with Gasteiger partial charge in [-0.15, -0.1) is 6.58 Å². The molecule has 1 aliphatic heterocycles. The second-order valence-corrected chi connectivity index (χ2v) is 9.40. The van der Waals surface area contributed by atoms with E-state index in [0.717, 1.165) is 5.69 Å². The van der Waals surface area contributed by atoms with E-state index in [-0.39, 0.29) is 16.8 Å². The lowest BCUT2D eigenvalue weighted by atomic mass is 10.1. The Balaban J connectivity index is 1.54. The Labute approximate surface area is 183 Å². The molecule has 0 saturated carbocycles. The number of benzene rings is 2. The van der Waals surface area contributed by atoms with Gasteiger partial charge >= 0.3 is 0 Å². The van der Waals surface area contributed by atoms with E-state index in [9.17, 15) is 13.2 Å². The fourth-order valence-corrected chi connectivity index (χ4v) is 4.91. The minimum atomic E-state index is -3.59. The molecule has 0 aromatic heterocycles. The van der Waals surface area contributed by atoms with Crippen LogP contribution in [-0.2, 0) is 14.8 Å². The van der Waals surface area contributed by atoms with E-state index in [1.165, 1.54) is 12.1 Å². The quantitative estimate of drug-likeness (QED) is 0.630. The molecule has 0 bridgehead atoms. The van der Waals surface area contributed by atoms with Crippen LogP contribution in [0.2, 0.25) is 5.02 Å². The van der Waals surface area contributed by atoms with Crippen LogP contribution >= 0.6 is 11.6 Å². The van der Waals surface area contributed by atoms with Gasteiger partial charge in [0.15, 0.2) is 0 Å². The molecular formula is C22H26ClN3O3S. The maximum Gasteiger partial charge on any atom is 0.241 e. The molecule has 1 amide bonds. The number of nitrogens with one attached hydrogen (secondary N) is 1. The number of amides is 1. The average molecular weight is 448 g/mol. The summed E-state index contributed by atoms with van der Waals surface area (Å²) in [7, 11) is -3.59. The molecule has 1 aliphatic rings. The van der Waals surface area contributed by atoms with Gasteiger partial charge in [-0.1, -0.05) is 35.9 Å². The lowest BCUT2D eigenvalue weighted by molar-refractivity contribution is -0.119. The summed E-state index contributed by atoms with van der Waals surface area (Å²) in [5.41, 5.74) is 0.841. The average Bonchev–Trinajstić information content (AvgIpc) is 2.74. The lowest BCUT2D eigenvalue weighted by Gasteiger charge is -2.33. The number of para-hydroxylation sites is 1. The monoisotopic (exact) mass is 447 g/mol. The van der Waals surface area contributed by atoms with E-state index >= 15 is 0 Å². The zero-order valence-corrected chi connectivity index (χ0v) is 18.3. The van der Waals surface area contributed by atoms with Crippen molar-refractivity contribution in [1.29, 1.82) is 0 Å². The first-order chi connectivity index (χ1) is 14.4. The molecule has 0 radical (unpaired) electrons. The van der Waals surface area contributed by atoms with Gasteiger partial charge in [0.05, 0.1) is 11.4 Å². The van der Waals surface area contributed by atoms with Crippen molar-refractivity contribution in [3.63, 3.8) is 0 Å². The van der Waals surface area contributed by atoms with Gasteiger partial charge in [-0.3, -0.25) is 9.69 Å². The molecular weight excluding hydrogens is 422 g/mol. The van der Waals surface area contributed by atoms with Crippen molar-refractivity contribution in [3.8, 4) is 0 Å². The highest BCUT2D eigenvalue weighted by Gasteiger charge is 2.26. The highest BCUT2D eigenvalue weighted by atomic mass is 35.5. The number of nitrogens with zero attached hydrogens (tertiary/aromatic N) is 2. The number of carbonyl (C=O) groups excluding carboxylic acids is 1. The predicted molar refractivity (Wildman–Crippen MR) is 120 cm³/mol. The number of hydrogen-bond acceptors (Lipinski definition) is 4. The maximum absolute atomic E-state index is 12.8. The smallest absolute Gasteiger partial charge is 0.241 e. The molecule has 0 unspecified atom stereocenters. The van der Waals surface area contributed by atoms with E-state index < -0.39 is 10.0 Å². The molecule has 2 aromatic carbocycles. The summed E-state index contributed by atoms with van der Waals surface area (Å²) in [4.78, 5) is 16.8. The van der Waals surface area contributed by atoms with Crippen LogP contribution in [0.15, 0.2) is 72.1 Å². The summed E-state index contributed by atoms with van der Waals surface area (Å²) in [6.45, 7) is 5.78. The first kappa shape index (κ1) is 22.5. The third-order valence-corrected chi connectivity index (χ3v) is 6.86. The topological polar surface area (TPSA) is 69.7 Å². The normalized spacial score (nSPS) is 15.6. The zero-order chi connectivity index (χ0) is 21.6. The van der Waals surface area contributed by atoms with Crippen LogP contribution in [0.3, 0.4) is 0 Å². The first-order valence-corrected chi connectivity index (χ1v) is 11.7. The van der Waals surface area contributed by atoms with Gasteiger partial charge in [-0.2, -0.15) is 0 Å². The molecule has 3 rings (SSSR count). The highest BCUT2D eigenvalue weighted by molar-refractivity contribution is 7.89. The van der Waals surface area contributed by atoms with Crippen molar-refractivity contribution >= 4 is 33.2 Å². The second kappa shape index (κ2) is 10.2. The van der Waals surface area contributed by atoms with Crippen LogP contribution in [0.5, 0.6) is 0 Å². The molecule has 2 aromatic rings. The van der Waals surface area contributed by atoms with Crippen molar-refractivity contribution in [1.82, 2.24) is 9.62 Å². The van der Waals surface area contributed by atoms with Gasteiger partial charge in [0.1, 0.15) is 0 Å². The van der Waals surface area contributed by atoms with Crippen molar-refractivity contribution in [2.75, 3.05) is 31.1 Å². The summed E-state index contributed by atoms with van der Waals surface area (Å²) >= 11 is 5.84. The fraction of sp³-hybridized carbons (Fsp3) is 0.318. The lowest BCUT2D eigenvalue weighted by Crippen LogP contribution is -2.48. The van der Waals surface area contributed by atoms with Crippen LogP contribution in [0.4, 0.5) is 5.69 Å². The molecule has 1 heterocycles. The van der Waals surface area contributed by atoms with Gasteiger partial charge in [0.25, 0.3) is 0 Å². The molecule has 30 heavy (non-hydrogen) atoms. The second-order valence-electron chi connectivity index (χ2n) is 7.25. The summed E-state index contributed by atoms with van der Waals surface area (Å²) < 4.78 is 27.9. The Morgan fingerprint density at radius 3 is 2.37 bits per heavy atom. The molecule has 160 valence electrons. The van der Waals surface area contributed by atoms with Crippen molar-refractivity contribution in [2.45, 2.75) is 23.8 Å². The number of halogens is 1. The Morgan fingerprint density at radius 2 is 1.77 bits per heavy atom. The molecule has 1 saturated heterocycles. The van der Waals surface area contributed by atoms with Crippen molar-refractivity contribution < 1.29 is 13.2 Å². The summed E-state index contributed by atoms with van der Waals surface area (Å²) in [6.07, 6.45) is 3.00. The minimum Gasteiger partial charge on any atom is -0.308 e. The van der Waals surface area contributed by atoms with Crippen LogP contribution < -0.4 is 9.62 Å². The third-order valence-electron chi connectivity index (χ3n) is 5.07. The van der Waals surface area contributed by atoms with E-state index in [1.807, 2.05) is 30.3 Å². The maximum atomic E-state index is 12.8. The standard InChI is InChI=1S/C22H26ClN3O3S/c1-2-14-26(20-6-4-3-5-7-20)22(27)17-25-15-12-19(13-16-25)24-30(28,29)21-10-8-18(23)9-11-21/h2-11,19,24H,1,12-17H2. The zero-order valence-electron chi connectivity index (χ0n) is 16.7. The molecule has 0 atom stereocenters. The SMILES string of the molecule is C=CCN(C(=O)CN1CCC(NS(=O)(=O)c2ccc(Cl)cc2)CC1)c1ccccc1. The fourth-order valence-electron chi connectivity index (χ4n) is 3.48. The number of likely N-dealkylation sites (tertiary alicyclic amines) is 1. The van der Waals surface area contributed by atoms with Gasteiger partial charge in [0.2, 0.25) is 15.9 Å². The van der Waals surface area contributed by atoms with E-state index in [4.69, 9.17) is 11.6 Å². The van der Waals surface area contributed by atoms with Crippen LogP contribution in [0.1, 0.15) is 12.8 Å². The Hall–Kier alpha value is -2.19. The number of carbonyl (C=O) groups is 1. The first-order valence-electron chi connectivity index (χ1n) is 9.85. The minimum absolute atomic E-state index is 0.00120. The van der Waals surface area contributed by atoms with E-state index in [2.05, 4.69) is 16.2 Å². The number of rotatable bonds is 8. The van der Waals surface area contributed by atoms with Gasteiger partial charge in [-0.05, 0) is 49.2 Å². The van der Waals surface area contributed by atoms with Crippen LogP contribution in [0.25, 0.3) is 0 Å². The summed E-state index contributed by atoms with van der Waals surface area (Å²) in [5, 5.41) is 0.493. The van der Waals surface area contributed by atoms with Crippen LogP contribution in [-0.4, -0.2) is 51.4 Å². The van der Waals surface area contributed by atoms with E-state index in [0.29, 0.717) is 44.0 Å². The number of piperidine rings is 1. The Bertz CT molecular complexity index is 957. The molecule has 1 N–H and O–H groups in total. The van der Waals surface area contributed by atoms with Gasteiger partial charge in [-0.25, -0.2) is 13.1 Å². The molecule has 1 fully saturated rings. The largest absolute Gasteiger partial charge is 0.308 e. The number of hydrogen-bond donors (Lipinski definition) is 1. The summed E-state index contributed by atoms with van der Waals surface area (Å²) in [6, 6.07) is 15.5. The Kier molecular flexibility index (Phi) is 7.66. The number of sulfonamides is 1. The molecule has 6 nitrogen and oxygen atoms in total. The molecule has 0 spiro atoms. The molecule has 8 heteroatoms. The van der Waals surface area contributed by atoms with Gasteiger partial charge in [0, 0.05) is 36.4 Å². The van der Waals surface area contributed by atoms with Crippen LogP contribution in [0, 0.1) is 0 Å². The van der Waals surface area contributed by atoms with Crippen molar-refractivity contribution in [2.24, 2.45) is 0 Å². The van der Waals surface area contributed by atoms with Gasteiger partial charge < -0.3 is 4.90 Å². The Morgan fingerprint density at radius 1 is 1.13 bits per heavy atom. The molecule has 0 aliphatic carbocycles. The highest BCUT2D eigenvalue weighted by Crippen LogP contribution is 2.18. The summed E-state index contributed by atoms with van der Waals surface area (Å²) in [5.74, 6) is 0.00120. The third kappa shape index (κ3) is 5.92. The predicted octanol–water partition coefficient (Wildman–Crippen LogP) is 3.30. The van der Waals surface area contributed by atoms with E-state index in [1.54, 1.807) is 23.1 Å². The number of anilines is 1.